The molecule has 1 unspecified atom stereocenters. The lowest BCUT2D eigenvalue weighted by Crippen LogP contribution is -2.38. The lowest BCUT2D eigenvalue weighted by molar-refractivity contribution is -0.137. The normalized spacial score (nSPS) is 13.2. The molecule has 0 amide bonds. The van der Waals surface area contributed by atoms with E-state index in [4.69, 9.17) is 0 Å². The Balaban J connectivity index is 1.81. The highest BCUT2D eigenvalue weighted by Crippen LogP contribution is 2.29. The molecule has 0 saturated heterocycles. The van der Waals surface area contributed by atoms with Crippen LogP contribution in [0.3, 0.4) is 0 Å². The number of halogens is 3. The average molecular weight is 411 g/mol. The van der Waals surface area contributed by atoms with Crippen molar-refractivity contribution in [2.45, 2.75) is 24.4 Å². The van der Waals surface area contributed by atoms with E-state index in [0.717, 1.165) is 22.6 Å². The van der Waals surface area contributed by atoms with Gasteiger partial charge in [-0.1, -0.05) is 30.3 Å². The Hall–Kier alpha value is -2.35. The van der Waals surface area contributed by atoms with Crippen LogP contribution in [0.25, 0.3) is 0 Å². The monoisotopic (exact) mass is 411 g/mol. The van der Waals surface area contributed by atoms with Crippen LogP contribution >= 0.6 is 0 Å². The number of benzene rings is 2. The standard InChI is InChI=1S/C20H24F3N3OS/c1-2-24-19(26-14-15-28(27)18-6-4-3-5-7-18)25-13-12-16-8-10-17(11-9-16)20(21,22)23/h3-11H,2,12-15H2,1H3,(H2,24,25,26). The Labute approximate surface area is 165 Å². The number of hydrogen-bond donors (Lipinski definition) is 2. The molecule has 0 aliphatic heterocycles. The summed E-state index contributed by atoms with van der Waals surface area (Å²) < 4.78 is 50.0. The Morgan fingerprint density at radius 1 is 1.04 bits per heavy atom. The molecule has 2 aromatic carbocycles. The van der Waals surface area contributed by atoms with Crippen LogP contribution in [0.2, 0.25) is 0 Å². The van der Waals surface area contributed by atoms with Crippen molar-refractivity contribution >= 4 is 16.8 Å². The molecule has 152 valence electrons. The summed E-state index contributed by atoms with van der Waals surface area (Å²) in [4.78, 5) is 5.19. The quantitative estimate of drug-likeness (QED) is 0.515. The van der Waals surface area contributed by atoms with E-state index in [1.807, 2.05) is 37.3 Å². The van der Waals surface area contributed by atoms with Gasteiger partial charge in [0.25, 0.3) is 0 Å². The summed E-state index contributed by atoms with van der Waals surface area (Å²) >= 11 is 0. The summed E-state index contributed by atoms with van der Waals surface area (Å²) in [5, 5.41) is 6.25. The first-order chi connectivity index (χ1) is 13.4. The van der Waals surface area contributed by atoms with Gasteiger partial charge in [-0.05, 0) is 43.2 Å². The van der Waals surface area contributed by atoms with Gasteiger partial charge in [-0.15, -0.1) is 0 Å². The first-order valence-electron chi connectivity index (χ1n) is 9.02. The molecule has 0 saturated carbocycles. The lowest BCUT2D eigenvalue weighted by Gasteiger charge is -2.12. The highest BCUT2D eigenvalue weighted by molar-refractivity contribution is 7.85. The van der Waals surface area contributed by atoms with Crippen molar-refractivity contribution in [2.24, 2.45) is 4.99 Å². The molecule has 8 heteroatoms. The molecule has 28 heavy (non-hydrogen) atoms. The molecular formula is C20H24F3N3OS. The Morgan fingerprint density at radius 2 is 1.71 bits per heavy atom. The highest BCUT2D eigenvalue weighted by Gasteiger charge is 2.29. The van der Waals surface area contributed by atoms with E-state index in [1.165, 1.54) is 12.1 Å². The van der Waals surface area contributed by atoms with Gasteiger partial charge in [-0.3, -0.25) is 9.20 Å². The fourth-order valence-electron chi connectivity index (χ4n) is 2.46. The molecular weight excluding hydrogens is 387 g/mol. The smallest absolute Gasteiger partial charge is 0.357 e. The van der Waals surface area contributed by atoms with E-state index in [9.17, 15) is 17.4 Å². The summed E-state index contributed by atoms with van der Waals surface area (Å²) in [7, 11) is -1.10. The zero-order valence-electron chi connectivity index (χ0n) is 15.6. The SMILES string of the molecule is CCNC(=NCCS(=O)c1ccccc1)NCCc1ccc(C(F)(F)F)cc1. The van der Waals surface area contributed by atoms with Crippen molar-refractivity contribution in [3.05, 3.63) is 65.7 Å². The molecule has 0 spiro atoms. The fourth-order valence-corrected chi connectivity index (χ4v) is 3.41. The topological polar surface area (TPSA) is 53.5 Å². The maximum Gasteiger partial charge on any atom is 0.416 e. The summed E-state index contributed by atoms with van der Waals surface area (Å²) in [5.41, 5.74) is 0.159. The first-order valence-corrected chi connectivity index (χ1v) is 10.3. The predicted molar refractivity (Wildman–Crippen MR) is 107 cm³/mol. The van der Waals surface area contributed by atoms with Crippen LogP contribution in [0, 0.1) is 0 Å². The van der Waals surface area contributed by atoms with E-state index in [0.29, 0.717) is 37.8 Å². The minimum absolute atomic E-state index is 0.400. The lowest BCUT2D eigenvalue weighted by atomic mass is 10.1. The summed E-state index contributed by atoms with van der Waals surface area (Å²) in [5.74, 6) is 1.01. The van der Waals surface area contributed by atoms with Crippen molar-refractivity contribution in [3.8, 4) is 0 Å². The first kappa shape index (κ1) is 21.9. The minimum Gasteiger partial charge on any atom is -0.357 e. The van der Waals surface area contributed by atoms with E-state index in [2.05, 4.69) is 15.6 Å². The second-order valence-corrected chi connectivity index (χ2v) is 7.57. The molecule has 0 bridgehead atoms. The van der Waals surface area contributed by atoms with E-state index in [1.54, 1.807) is 0 Å². The largest absolute Gasteiger partial charge is 0.416 e. The van der Waals surface area contributed by atoms with Crippen LogP contribution in [0.4, 0.5) is 13.2 Å². The second-order valence-electron chi connectivity index (χ2n) is 5.99. The van der Waals surface area contributed by atoms with Gasteiger partial charge in [0.2, 0.25) is 0 Å². The second kappa shape index (κ2) is 10.8. The van der Waals surface area contributed by atoms with Crippen LogP contribution in [0.15, 0.2) is 64.5 Å². The zero-order chi connectivity index (χ0) is 20.4. The third-order valence-electron chi connectivity index (χ3n) is 3.88. The molecule has 2 aromatic rings. The molecule has 0 heterocycles. The van der Waals surface area contributed by atoms with Gasteiger partial charge >= 0.3 is 6.18 Å². The fraction of sp³-hybridized carbons (Fsp3) is 0.350. The molecule has 4 nitrogen and oxygen atoms in total. The Kier molecular flexibility index (Phi) is 8.50. The molecule has 0 aliphatic rings. The third-order valence-corrected chi connectivity index (χ3v) is 5.24. The molecule has 2 rings (SSSR count). The van der Waals surface area contributed by atoms with Crippen LogP contribution in [-0.2, 0) is 23.4 Å². The van der Waals surface area contributed by atoms with Crippen molar-refractivity contribution in [3.63, 3.8) is 0 Å². The minimum atomic E-state index is -4.32. The molecule has 2 N–H and O–H groups in total. The summed E-state index contributed by atoms with van der Waals surface area (Å²) in [6.45, 7) is 3.54. The van der Waals surface area contributed by atoms with Gasteiger partial charge in [0.15, 0.2) is 5.96 Å². The van der Waals surface area contributed by atoms with Crippen molar-refractivity contribution in [1.82, 2.24) is 10.6 Å². The van der Waals surface area contributed by atoms with Crippen molar-refractivity contribution in [1.29, 1.82) is 0 Å². The maximum atomic E-state index is 12.6. The van der Waals surface area contributed by atoms with Crippen LogP contribution < -0.4 is 10.6 Å². The number of nitrogens with one attached hydrogen (secondary N) is 2. The van der Waals surface area contributed by atoms with Gasteiger partial charge < -0.3 is 10.6 Å². The number of aliphatic imine (C=N–C) groups is 1. The van der Waals surface area contributed by atoms with Gasteiger partial charge in [-0.25, -0.2) is 0 Å². The molecule has 0 aliphatic carbocycles. The summed E-state index contributed by atoms with van der Waals surface area (Å²) in [6, 6.07) is 14.4. The Morgan fingerprint density at radius 3 is 2.32 bits per heavy atom. The van der Waals surface area contributed by atoms with Crippen molar-refractivity contribution < 1.29 is 17.4 Å². The molecule has 0 fully saturated rings. The number of rotatable bonds is 8. The number of nitrogens with zero attached hydrogens (tertiary/aromatic N) is 1. The van der Waals surface area contributed by atoms with Gasteiger partial charge in [0, 0.05) is 23.7 Å². The van der Waals surface area contributed by atoms with E-state index < -0.39 is 22.5 Å². The number of guanidine groups is 1. The Bertz CT molecular complexity index is 778. The number of alkyl halides is 3. The molecule has 0 radical (unpaired) electrons. The van der Waals surface area contributed by atoms with Gasteiger partial charge in [0.1, 0.15) is 0 Å². The maximum absolute atomic E-state index is 12.6. The highest BCUT2D eigenvalue weighted by atomic mass is 32.2. The van der Waals surface area contributed by atoms with Crippen LogP contribution in [0.5, 0.6) is 0 Å². The molecule has 0 aromatic heterocycles. The van der Waals surface area contributed by atoms with Crippen LogP contribution in [-0.4, -0.2) is 35.6 Å². The van der Waals surface area contributed by atoms with Crippen LogP contribution in [0.1, 0.15) is 18.1 Å². The van der Waals surface area contributed by atoms with E-state index in [-0.39, 0.29) is 0 Å². The zero-order valence-corrected chi connectivity index (χ0v) is 16.4. The predicted octanol–water partition coefficient (Wildman–Crippen LogP) is 3.61. The van der Waals surface area contributed by atoms with Gasteiger partial charge in [0.05, 0.1) is 22.9 Å². The molecule has 1 atom stereocenters. The number of hydrogen-bond acceptors (Lipinski definition) is 2. The summed E-state index contributed by atoms with van der Waals surface area (Å²) in [6.07, 6.45) is -3.75. The van der Waals surface area contributed by atoms with E-state index >= 15 is 0 Å². The third kappa shape index (κ3) is 7.34. The average Bonchev–Trinajstić information content (AvgIpc) is 2.68. The van der Waals surface area contributed by atoms with Crippen molar-refractivity contribution in [2.75, 3.05) is 25.4 Å². The van der Waals surface area contributed by atoms with Gasteiger partial charge in [-0.2, -0.15) is 13.2 Å².